The Morgan fingerprint density at radius 1 is 1.18 bits per heavy atom. The van der Waals surface area contributed by atoms with Gasteiger partial charge in [0.1, 0.15) is 17.6 Å². The van der Waals surface area contributed by atoms with E-state index in [4.69, 9.17) is 25.4 Å². The Hall–Kier alpha value is -2.68. The molecular weight excluding hydrogens is 479 g/mol. The minimum absolute atomic E-state index is 0. The van der Waals surface area contributed by atoms with Crippen molar-refractivity contribution >= 4 is 36.7 Å². The second-order valence-corrected chi connectivity index (χ2v) is 8.04. The van der Waals surface area contributed by atoms with Crippen molar-refractivity contribution in [1.82, 2.24) is 10.2 Å². The maximum Gasteiger partial charge on any atom is 0.352 e. The third-order valence-electron chi connectivity index (χ3n) is 5.79. The standard InChI is InChI=1S/C24H30N4O4.2ClH/c1-2-30-23(29)22(17-4-6-19(7-5-17)31-21-9-11-27-14-21)32-20-8-3-16-10-12-28(24(25)26)15-18(16)13-20;;/h3-8,13,21-22,27H,2,9-12,14-15H2,1H3,(H3,25,26);2*1H/t21-,22?;;/m0../s1. The van der Waals surface area contributed by atoms with Gasteiger partial charge >= 0.3 is 5.97 Å². The zero-order chi connectivity index (χ0) is 22.5. The van der Waals surface area contributed by atoms with Crippen LogP contribution in [0.1, 0.15) is 36.1 Å². The van der Waals surface area contributed by atoms with Crippen molar-refractivity contribution in [2.45, 2.75) is 38.5 Å². The van der Waals surface area contributed by atoms with Gasteiger partial charge in [0.25, 0.3) is 0 Å². The average Bonchev–Trinajstić information content (AvgIpc) is 3.31. The smallest absolute Gasteiger partial charge is 0.352 e. The van der Waals surface area contributed by atoms with Crippen molar-refractivity contribution in [2.24, 2.45) is 5.73 Å². The van der Waals surface area contributed by atoms with Crippen LogP contribution in [0.3, 0.4) is 0 Å². The van der Waals surface area contributed by atoms with E-state index < -0.39 is 12.1 Å². The van der Waals surface area contributed by atoms with Crippen LogP contribution in [0, 0.1) is 5.41 Å². The Morgan fingerprint density at radius 3 is 2.56 bits per heavy atom. The van der Waals surface area contributed by atoms with E-state index in [0.29, 0.717) is 17.9 Å². The van der Waals surface area contributed by atoms with Crippen molar-refractivity contribution in [3.05, 3.63) is 59.2 Å². The number of nitrogens with two attached hydrogens (primary N) is 1. The highest BCUT2D eigenvalue weighted by atomic mass is 35.5. The van der Waals surface area contributed by atoms with E-state index in [1.807, 2.05) is 47.4 Å². The predicted molar refractivity (Wildman–Crippen MR) is 135 cm³/mol. The molecule has 2 aromatic carbocycles. The molecule has 1 saturated heterocycles. The molecule has 10 heteroatoms. The molecule has 4 N–H and O–H groups in total. The molecule has 2 atom stereocenters. The molecule has 186 valence electrons. The van der Waals surface area contributed by atoms with Crippen LogP contribution in [0.15, 0.2) is 42.5 Å². The zero-order valence-corrected chi connectivity index (χ0v) is 20.8. The first-order valence-electron chi connectivity index (χ1n) is 11.0. The third kappa shape index (κ3) is 6.68. The van der Waals surface area contributed by atoms with Crippen molar-refractivity contribution in [3.63, 3.8) is 0 Å². The first kappa shape index (κ1) is 27.6. The van der Waals surface area contributed by atoms with Gasteiger partial charge in [-0.2, -0.15) is 0 Å². The Balaban J connectivity index is 0.00000204. The maximum absolute atomic E-state index is 12.7. The Morgan fingerprint density at radius 2 is 1.91 bits per heavy atom. The SMILES string of the molecule is CCOC(=O)C(Oc1ccc2c(c1)CN(C(=N)N)CC2)c1ccc(O[C@H]2CCNC2)cc1.Cl.Cl. The summed E-state index contributed by atoms with van der Waals surface area (Å²) in [5.74, 6) is 0.957. The highest BCUT2D eigenvalue weighted by Gasteiger charge is 2.26. The van der Waals surface area contributed by atoms with Crippen molar-refractivity contribution in [1.29, 1.82) is 5.41 Å². The second-order valence-electron chi connectivity index (χ2n) is 8.04. The number of nitrogens with zero attached hydrogens (tertiary/aromatic N) is 1. The number of carbonyl (C=O) groups excluding carboxylic acids is 1. The number of rotatable bonds is 7. The Labute approximate surface area is 212 Å². The fraction of sp³-hybridized carbons (Fsp3) is 0.417. The number of carbonyl (C=O) groups is 1. The van der Waals surface area contributed by atoms with E-state index in [0.717, 1.165) is 43.8 Å². The van der Waals surface area contributed by atoms with Crippen LogP contribution in [0.4, 0.5) is 0 Å². The molecule has 4 rings (SSSR count). The number of guanidine groups is 1. The van der Waals surface area contributed by atoms with Crippen molar-refractivity contribution in [2.75, 3.05) is 26.2 Å². The van der Waals surface area contributed by atoms with Gasteiger partial charge < -0.3 is 30.2 Å². The lowest BCUT2D eigenvalue weighted by Gasteiger charge is -2.29. The van der Waals surface area contributed by atoms with Crippen LogP contribution < -0.4 is 20.5 Å². The van der Waals surface area contributed by atoms with Crippen LogP contribution in [-0.4, -0.2) is 49.2 Å². The molecule has 0 saturated carbocycles. The summed E-state index contributed by atoms with van der Waals surface area (Å²) in [4.78, 5) is 14.5. The van der Waals surface area contributed by atoms with Gasteiger partial charge in [0.15, 0.2) is 5.96 Å². The molecule has 0 aliphatic carbocycles. The number of ether oxygens (including phenoxy) is 3. The van der Waals surface area contributed by atoms with Gasteiger partial charge in [-0.3, -0.25) is 5.41 Å². The molecule has 34 heavy (non-hydrogen) atoms. The minimum atomic E-state index is -0.886. The van der Waals surface area contributed by atoms with Gasteiger partial charge in [-0.1, -0.05) is 18.2 Å². The first-order chi connectivity index (χ1) is 15.5. The summed E-state index contributed by atoms with van der Waals surface area (Å²) in [6, 6.07) is 13.2. The molecule has 0 bridgehead atoms. The molecule has 0 aromatic heterocycles. The highest BCUT2D eigenvalue weighted by Crippen LogP contribution is 2.29. The van der Waals surface area contributed by atoms with Crippen molar-refractivity contribution < 1.29 is 19.0 Å². The second kappa shape index (κ2) is 12.7. The van der Waals surface area contributed by atoms with Gasteiger partial charge in [-0.15, -0.1) is 24.8 Å². The van der Waals surface area contributed by atoms with E-state index in [-0.39, 0.29) is 43.5 Å². The number of hydrogen-bond donors (Lipinski definition) is 3. The minimum Gasteiger partial charge on any atom is -0.489 e. The number of esters is 1. The predicted octanol–water partition coefficient (Wildman–Crippen LogP) is 3.21. The molecule has 2 heterocycles. The Kier molecular flexibility index (Phi) is 10.3. The summed E-state index contributed by atoms with van der Waals surface area (Å²) in [5, 5.41) is 11.0. The number of halogens is 2. The summed E-state index contributed by atoms with van der Waals surface area (Å²) in [6.45, 7) is 5.12. The maximum atomic E-state index is 12.7. The monoisotopic (exact) mass is 510 g/mol. The molecular formula is C24H32Cl2N4O4. The summed E-state index contributed by atoms with van der Waals surface area (Å²) in [5.41, 5.74) is 8.60. The largest absolute Gasteiger partial charge is 0.489 e. The van der Waals surface area contributed by atoms with E-state index in [1.165, 1.54) is 5.56 Å². The van der Waals surface area contributed by atoms with Gasteiger partial charge in [0.2, 0.25) is 6.10 Å². The molecule has 1 unspecified atom stereocenters. The van der Waals surface area contributed by atoms with Gasteiger partial charge in [0, 0.05) is 25.2 Å². The normalized spacial score (nSPS) is 17.4. The van der Waals surface area contributed by atoms with E-state index >= 15 is 0 Å². The molecule has 0 spiro atoms. The molecule has 0 amide bonds. The van der Waals surface area contributed by atoms with E-state index in [1.54, 1.807) is 6.92 Å². The fourth-order valence-electron chi connectivity index (χ4n) is 4.06. The summed E-state index contributed by atoms with van der Waals surface area (Å²) in [7, 11) is 0. The molecule has 2 aliphatic rings. The van der Waals surface area contributed by atoms with Crippen LogP contribution >= 0.6 is 24.8 Å². The van der Waals surface area contributed by atoms with Crippen molar-refractivity contribution in [3.8, 4) is 11.5 Å². The fourth-order valence-corrected chi connectivity index (χ4v) is 4.06. The number of hydrogen-bond acceptors (Lipinski definition) is 6. The Bertz CT molecular complexity index is 968. The van der Waals surface area contributed by atoms with E-state index in [2.05, 4.69) is 5.32 Å². The summed E-state index contributed by atoms with van der Waals surface area (Å²) in [6.07, 6.45) is 1.08. The van der Waals surface area contributed by atoms with E-state index in [9.17, 15) is 4.79 Å². The van der Waals surface area contributed by atoms with Crippen LogP contribution in [-0.2, 0) is 22.5 Å². The van der Waals surface area contributed by atoms with Gasteiger partial charge in [-0.05, 0) is 61.7 Å². The third-order valence-corrected chi connectivity index (χ3v) is 5.79. The van der Waals surface area contributed by atoms with Gasteiger partial charge in [0.05, 0.1) is 6.61 Å². The summed E-state index contributed by atoms with van der Waals surface area (Å²) < 4.78 is 17.4. The molecule has 0 radical (unpaired) electrons. The lowest BCUT2D eigenvalue weighted by Crippen LogP contribution is -2.40. The zero-order valence-electron chi connectivity index (χ0n) is 19.1. The number of nitrogens with one attached hydrogen (secondary N) is 2. The van der Waals surface area contributed by atoms with Crippen LogP contribution in [0.2, 0.25) is 0 Å². The average molecular weight is 511 g/mol. The first-order valence-corrected chi connectivity index (χ1v) is 11.0. The van der Waals surface area contributed by atoms with Crippen LogP contribution in [0.5, 0.6) is 11.5 Å². The topological polar surface area (TPSA) is 110 Å². The number of benzene rings is 2. The molecule has 1 fully saturated rings. The quantitative estimate of drug-likeness (QED) is 0.298. The molecule has 2 aliphatic heterocycles. The summed E-state index contributed by atoms with van der Waals surface area (Å²) >= 11 is 0. The molecule has 2 aromatic rings. The van der Waals surface area contributed by atoms with Gasteiger partial charge in [-0.25, -0.2) is 4.79 Å². The lowest BCUT2D eigenvalue weighted by atomic mass is 9.99. The number of fused-ring (bicyclic) bond motifs is 1. The highest BCUT2D eigenvalue weighted by molar-refractivity contribution is 5.85. The molecule has 8 nitrogen and oxygen atoms in total. The van der Waals surface area contributed by atoms with Crippen LogP contribution in [0.25, 0.3) is 0 Å². The lowest BCUT2D eigenvalue weighted by molar-refractivity contribution is -0.151.